The Labute approximate surface area is 154 Å². The van der Waals surface area contributed by atoms with E-state index in [0.717, 1.165) is 30.7 Å². The number of carbonyl (C=O) groups excluding carboxylic acids is 2. The van der Waals surface area contributed by atoms with E-state index in [2.05, 4.69) is 20.3 Å². The van der Waals surface area contributed by atoms with Gasteiger partial charge in [-0.25, -0.2) is 9.18 Å². The Kier molecular flexibility index (Phi) is 7.34. The molecule has 138 valence electrons. The zero-order valence-electron chi connectivity index (χ0n) is 14.3. The number of hydrogen-bond acceptors (Lipinski definition) is 7. The summed E-state index contributed by atoms with van der Waals surface area (Å²) in [6.45, 7) is 2.46. The maximum Gasteiger partial charge on any atom is 0.331 e. The summed E-state index contributed by atoms with van der Waals surface area (Å²) in [5.41, 5.74) is 0.599. The van der Waals surface area contributed by atoms with Crippen molar-refractivity contribution < 1.29 is 23.5 Å². The lowest BCUT2D eigenvalue weighted by Gasteiger charge is -2.06. The van der Waals surface area contributed by atoms with Crippen LogP contribution in [0.3, 0.4) is 0 Å². The number of ether oxygens (including phenoxy) is 2. The summed E-state index contributed by atoms with van der Waals surface area (Å²) in [5, 5.41) is 10.4. The maximum atomic E-state index is 13.7. The van der Waals surface area contributed by atoms with Crippen molar-refractivity contribution in [2.45, 2.75) is 19.8 Å². The number of amidine groups is 1. The molecule has 1 aliphatic heterocycles. The van der Waals surface area contributed by atoms with Gasteiger partial charge in [-0.2, -0.15) is 5.10 Å². The van der Waals surface area contributed by atoms with E-state index in [1.54, 1.807) is 0 Å². The van der Waals surface area contributed by atoms with E-state index in [1.807, 2.05) is 6.92 Å². The number of benzene rings is 1. The van der Waals surface area contributed by atoms with Crippen LogP contribution in [0.15, 0.2) is 39.4 Å². The highest BCUT2D eigenvalue weighted by Gasteiger charge is 2.24. The molecule has 0 aromatic heterocycles. The Balaban J connectivity index is 2.03. The van der Waals surface area contributed by atoms with Crippen molar-refractivity contribution in [1.82, 2.24) is 5.32 Å². The molecular weight excluding hydrogens is 361 g/mol. The van der Waals surface area contributed by atoms with Crippen LogP contribution in [-0.2, 0) is 14.3 Å². The Morgan fingerprint density at radius 2 is 2.23 bits per heavy atom. The molecule has 0 saturated carbocycles. The number of rotatable bonds is 7. The van der Waals surface area contributed by atoms with Crippen LogP contribution in [0.25, 0.3) is 0 Å². The summed E-state index contributed by atoms with van der Waals surface area (Å²) >= 11 is 0.968. The van der Waals surface area contributed by atoms with E-state index in [1.165, 1.54) is 31.5 Å². The van der Waals surface area contributed by atoms with Gasteiger partial charge in [-0.3, -0.25) is 10.1 Å². The van der Waals surface area contributed by atoms with Crippen molar-refractivity contribution in [3.63, 3.8) is 0 Å². The van der Waals surface area contributed by atoms with Gasteiger partial charge in [0.1, 0.15) is 0 Å². The van der Waals surface area contributed by atoms with Crippen molar-refractivity contribution in [1.29, 1.82) is 0 Å². The Morgan fingerprint density at radius 1 is 1.42 bits per heavy atom. The highest BCUT2D eigenvalue weighted by molar-refractivity contribution is 8.18. The number of nitrogens with one attached hydrogen (secondary N) is 1. The Morgan fingerprint density at radius 3 is 2.96 bits per heavy atom. The molecule has 1 fully saturated rings. The van der Waals surface area contributed by atoms with Crippen molar-refractivity contribution in [3.05, 3.63) is 40.6 Å². The Hall–Kier alpha value is -2.68. The fraction of sp³-hybridized carbons (Fsp3) is 0.294. The van der Waals surface area contributed by atoms with Crippen LogP contribution in [0.2, 0.25) is 0 Å². The number of unbranched alkanes of at least 4 members (excludes halogenated alkanes) is 1. The van der Waals surface area contributed by atoms with Crippen LogP contribution in [0, 0.1) is 5.82 Å². The molecule has 0 aliphatic carbocycles. The fourth-order valence-electron chi connectivity index (χ4n) is 1.83. The van der Waals surface area contributed by atoms with E-state index in [-0.39, 0.29) is 15.8 Å². The summed E-state index contributed by atoms with van der Waals surface area (Å²) in [5.74, 6) is -1.38. The van der Waals surface area contributed by atoms with Crippen molar-refractivity contribution >= 4 is 35.0 Å². The van der Waals surface area contributed by atoms with Crippen LogP contribution in [0.1, 0.15) is 25.3 Å². The van der Waals surface area contributed by atoms with Gasteiger partial charge in [-0.1, -0.05) is 19.4 Å². The highest BCUT2D eigenvalue weighted by atomic mass is 32.2. The SMILES string of the molecule is CCCCOc1cc(C=N/N=C2/NC(=O)/C(=C\C(=O)OC)S2)ccc1F. The minimum Gasteiger partial charge on any atom is -0.490 e. The molecule has 0 radical (unpaired) electrons. The van der Waals surface area contributed by atoms with E-state index in [0.29, 0.717) is 12.2 Å². The van der Waals surface area contributed by atoms with Crippen molar-refractivity contribution in [2.24, 2.45) is 10.2 Å². The normalized spacial score (nSPS) is 17.1. The molecule has 1 saturated heterocycles. The molecule has 1 aromatic carbocycles. The van der Waals surface area contributed by atoms with Crippen LogP contribution in [-0.4, -0.2) is 37.0 Å². The molecule has 7 nitrogen and oxygen atoms in total. The first-order valence-electron chi connectivity index (χ1n) is 7.85. The second-order valence-corrected chi connectivity index (χ2v) is 6.16. The minimum atomic E-state index is -0.630. The molecule has 1 amide bonds. The maximum absolute atomic E-state index is 13.7. The third kappa shape index (κ3) is 5.69. The molecule has 0 atom stereocenters. The number of amides is 1. The van der Waals surface area contributed by atoms with Crippen LogP contribution >= 0.6 is 11.8 Å². The number of thioether (sulfide) groups is 1. The van der Waals surface area contributed by atoms with E-state index < -0.39 is 17.7 Å². The molecular formula is C17H18FN3O4S. The first kappa shape index (κ1) is 19.6. The second kappa shape index (κ2) is 9.71. The Bertz CT molecular complexity index is 777. The lowest BCUT2D eigenvalue weighted by atomic mass is 10.2. The summed E-state index contributed by atoms with van der Waals surface area (Å²) in [6.07, 6.45) is 4.28. The molecule has 0 bridgehead atoms. The predicted molar refractivity (Wildman–Crippen MR) is 97.7 cm³/mol. The average molecular weight is 379 g/mol. The molecule has 9 heteroatoms. The largest absolute Gasteiger partial charge is 0.490 e. The van der Waals surface area contributed by atoms with Gasteiger partial charge in [0, 0.05) is 6.08 Å². The summed E-state index contributed by atoms with van der Waals surface area (Å²) in [4.78, 5) is 23.0. The van der Waals surface area contributed by atoms with E-state index in [9.17, 15) is 14.0 Å². The molecule has 26 heavy (non-hydrogen) atoms. The van der Waals surface area contributed by atoms with Crippen LogP contribution in [0.4, 0.5) is 4.39 Å². The standard InChI is InChI=1S/C17H18FN3O4S/c1-3-4-7-25-13-8-11(5-6-12(13)18)10-19-21-17-20-16(23)14(26-17)9-15(22)24-2/h5-6,8-10H,3-4,7H2,1-2H3,(H,20,21,23)/b14-9+,19-10?. The molecule has 1 aromatic rings. The van der Waals surface area contributed by atoms with Crippen molar-refractivity contribution in [3.8, 4) is 5.75 Å². The molecule has 1 heterocycles. The zero-order chi connectivity index (χ0) is 18.9. The number of halogens is 1. The van der Waals surface area contributed by atoms with Crippen LogP contribution in [0.5, 0.6) is 5.75 Å². The van der Waals surface area contributed by atoms with Gasteiger partial charge >= 0.3 is 5.97 Å². The van der Waals surface area contributed by atoms with Crippen molar-refractivity contribution in [2.75, 3.05) is 13.7 Å². The third-order valence-electron chi connectivity index (χ3n) is 3.17. The van der Waals surface area contributed by atoms with Crippen LogP contribution < -0.4 is 10.1 Å². The smallest absolute Gasteiger partial charge is 0.331 e. The molecule has 0 unspecified atom stereocenters. The zero-order valence-corrected chi connectivity index (χ0v) is 15.1. The molecule has 1 aliphatic rings. The van der Waals surface area contributed by atoms with Gasteiger partial charge in [-0.05, 0) is 35.9 Å². The highest BCUT2D eigenvalue weighted by Crippen LogP contribution is 2.23. The summed E-state index contributed by atoms with van der Waals surface area (Å²) in [7, 11) is 1.22. The predicted octanol–water partition coefficient (Wildman–Crippen LogP) is 2.61. The second-order valence-electron chi connectivity index (χ2n) is 5.13. The van der Waals surface area contributed by atoms with Gasteiger partial charge in [0.15, 0.2) is 16.7 Å². The van der Waals surface area contributed by atoms with E-state index >= 15 is 0 Å². The average Bonchev–Trinajstić information content (AvgIpc) is 2.97. The topological polar surface area (TPSA) is 89.4 Å². The molecule has 2 rings (SSSR count). The summed E-state index contributed by atoms with van der Waals surface area (Å²) in [6, 6.07) is 4.35. The number of nitrogens with zero attached hydrogens (tertiary/aromatic N) is 2. The minimum absolute atomic E-state index is 0.155. The first-order valence-corrected chi connectivity index (χ1v) is 8.67. The number of esters is 1. The van der Waals surface area contributed by atoms with Gasteiger partial charge < -0.3 is 9.47 Å². The fourth-order valence-corrected chi connectivity index (χ4v) is 2.57. The number of methoxy groups -OCH3 is 1. The van der Waals surface area contributed by atoms with Gasteiger partial charge in [-0.15, -0.1) is 5.10 Å². The lowest BCUT2D eigenvalue weighted by molar-refractivity contribution is -0.135. The van der Waals surface area contributed by atoms with Gasteiger partial charge in [0.2, 0.25) is 0 Å². The number of hydrogen-bond donors (Lipinski definition) is 1. The molecule has 0 spiro atoms. The molecule has 1 N–H and O–H groups in total. The van der Waals surface area contributed by atoms with Gasteiger partial charge in [0.25, 0.3) is 5.91 Å². The van der Waals surface area contributed by atoms with E-state index in [4.69, 9.17) is 4.74 Å². The quantitative estimate of drug-likeness (QED) is 0.259. The van der Waals surface area contributed by atoms with Gasteiger partial charge in [0.05, 0.1) is 24.8 Å². The number of carbonyl (C=O) groups is 2. The summed E-state index contributed by atoms with van der Waals surface area (Å²) < 4.78 is 23.6. The lowest BCUT2D eigenvalue weighted by Crippen LogP contribution is -2.19. The first-order chi connectivity index (χ1) is 12.5. The third-order valence-corrected chi connectivity index (χ3v) is 4.07. The monoisotopic (exact) mass is 379 g/mol.